The Kier molecular flexibility index (Phi) is 9.50. The van der Waals surface area contributed by atoms with Crippen molar-refractivity contribution in [2.24, 2.45) is 0 Å². The Bertz CT molecular complexity index is 1190. The molecule has 9 heteroatoms. The van der Waals surface area contributed by atoms with Crippen LogP contribution in [0.5, 0.6) is 23.0 Å². The average Bonchev–Trinajstić information content (AvgIpc) is 2.83. The van der Waals surface area contributed by atoms with Crippen molar-refractivity contribution < 1.29 is 34.8 Å². The number of hydrogen-bond acceptors (Lipinski definition) is 7. The summed E-state index contributed by atoms with van der Waals surface area (Å²) < 4.78 is 5.34. The van der Waals surface area contributed by atoms with Crippen molar-refractivity contribution in [2.45, 2.75) is 0 Å². The first-order valence-electron chi connectivity index (χ1n) is 10.1. The molecule has 4 rings (SSSR count). The van der Waals surface area contributed by atoms with Crippen LogP contribution in [0.3, 0.4) is 0 Å². The van der Waals surface area contributed by atoms with Crippen molar-refractivity contribution in [3.63, 3.8) is 0 Å². The summed E-state index contributed by atoms with van der Waals surface area (Å²) in [5, 5.41) is 35.9. The van der Waals surface area contributed by atoms with Gasteiger partial charge in [0.05, 0.1) is 11.1 Å². The van der Waals surface area contributed by atoms with E-state index in [0.717, 1.165) is 0 Å². The van der Waals surface area contributed by atoms with E-state index in [9.17, 15) is 19.8 Å². The van der Waals surface area contributed by atoms with Crippen LogP contribution in [0.4, 0.5) is 11.4 Å². The molecule has 0 spiro atoms. The molecule has 8 N–H and O–H groups in total. The van der Waals surface area contributed by atoms with E-state index in [1.165, 1.54) is 24.3 Å². The van der Waals surface area contributed by atoms with E-state index in [2.05, 4.69) is 0 Å². The molecule has 0 aliphatic heterocycles. The number of carboxylic acid groups (broad SMARTS) is 2. The number of rotatable bonds is 4. The Morgan fingerprint density at radius 3 is 1.14 bits per heavy atom. The van der Waals surface area contributed by atoms with Crippen LogP contribution < -0.4 is 16.2 Å². The maximum atomic E-state index is 10.3. The molecule has 4 aromatic rings. The van der Waals surface area contributed by atoms with Gasteiger partial charge >= 0.3 is 11.9 Å². The van der Waals surface area contributed by atoms with Gasteiger partial charge < -0.3 is 36.6 Å². The maximum absolute atomic E-state index is 10.3. The highest BCUT2D eigenvalue weighted by atomic mass is 16.5. The first-order valence-corrected chi connectivity index (χ1v) is 10.1. The van der Waals surface area contributed by atoms with Gasteiger partial charge in [-0.2, -0.15) is 0 Å². The third-order valence-electron chi connectivity index (χ3n) is 4.33. The summed E-state index contributed by atoms with van der Waals surface area (Å²) in [7, 11) is 0. The summed E-state index contributed by atoms with van der Waals surface area (Å²) in [6.07, 6.45) is 0. The smallest absolute Gasteiger partial charge is 0.337 e. The van der Waals surface area contributed by atoms with Crippen LogP contribution >= 0.6 is 0 Å². The number of aromatic carboxylic acids is 2. The first kappa shape index (κ1) is 26.1. The Hall–Kier alpha value is -5.18. The maximum Gasteiger partial charge on any atom is 0.337 e. The molecule has 0 saturated carbocycles. The number of para-hydroxylation sites is 6. The molecule has 0 unspecified atom stereocenters. The molecule has 0 bridgehead atoms. The van der Waals surface area contributed by atoms with Gasteiger partial charge in [0.1, 0.15) is 0 Å². The fourth-order valence-corrected chi connectivity index (χ4v) is 2.59. The van der Waals surface area contributed by atoms with Crippen molar-refractivity contribution in [3.05, 3.63) is 108 Å². The van der Waals surface area contributed by atoms with E-state index in [1.807, 2.05) is 0 Å². The largest absolute Gasteiger partial charge is 0.504 e. The normalized spacial score (nSPS) is 9.49. The van der Waals surface area contributed by atoms with Crippen molar-refractivity contribution in [2.75, 3.05) is 11.5 Å². The van der Waals surface area contributed by atoms with Gasteiger partial charge in [-0.1, -0.05) is 48.5 Å². The Morgan fingerprint density at radius 2 is 0.857 bits per heavy atom. The van der Waals surface area contributed by atoms with Crippen LogP contribution in [-0.4, -0.2) is 32.4 Å². The minimum Gasteiger partial charge on any atom is -0.504 e. The number of phenolic OH excluding ortho intramolecular Hbond substituents is 2. The third kappa shape index (κ3) is 8.03. The molecular weight excluding hydrogens is 452 g/mol. The molecule has 0 radical (unpaired) electrons. The van der Waals surface area contributed by atoms with Crippen LogP contribution in [0.25, 0.3) is 0 Å². The summed E-state index contributed by atoms with van der Waals surface area (Å²) in [4.78, 5) is 20.7. The molecule has 0 saturated heterocycles. The summed E-state index contributed by atoms with van der Waals surface area (Å²) in [6.45, 7) is 0. The second kappa shape index (κ2) is 12.8. The lowest BCUT2D eigenvalue weighted by Crippen LogP contribution is -2.00. The van der Waals surface area contributed by atoms with E-state index in [4.69, 9.17) is 26.4 Å². The Balaban J connectivity index is 0.000000192. The van der Waals surface area contributed by atoms with E-state index >= 15 is 0 Å². The van der Waals surface area contributed by atoms with Gasteiger partial charge in [-0.25, -0.2) is 9.59 Å². The van der Waals surface area contributed by atoms with Crippen molar-refractivity contribution >= 4 is 23.3 Å². The second-order valence-electron chi connectivity index (χ2n) is 6.82. The van der Waals surface area contributed by atoms with Gasteiger partial charge in [0.2, 0.25) is 0 Å². The highest BCUT2D eigenvalue weighted by Crippen LogP contribution is 2.34. The summed E-state index contributed by atoms with van der Waals surface area (Å²) in [6, 6.07) is 25.9. The summed E-state index contributed by atoms with van der Waals surface area (Å²) in [5.41, 5.74) is 11.6. The number of ether oxygens (including phenoxy) is 1. The van der Waals surface area contributed by atoms with Crippen LogP contribution in [0.15, 0.2) is 97.1 Å². The number of anilines is 2. The van der Waals surface area contributed by atoms with Gasteiger partial charge in [-0.05, 0) is 48.5 Å². The van der Waals surface area contributed by atoms with Gasteiger partial charge in [0.15, 0.2) is 23.0 Å². The summed E-state index contributed by atoms with van der Waals surface area (Å²) >= 11 is 0. The van der Waals surface area contributed by atoms with Crippen molar-refractivity contribution in [3.8, 4) is 23.0 Å². The van der Waals surface area contributed by atoms with Crippen LogP contribution in [0, 0.1) is 0 Å². The Morgan fingerprint density at radius 1 is 0.543 bits per heavy atom. The first-order chi connectivity index (χ1) is 16.7. The topological polar surface area (TPSA) is 176 Å². The van der Waals surface area contributed by atoms with E-state index < -0.39 is 11.9 Å². The average molecular weight is 476 g/mol. The molecule has 180 valence electrons. The van der Waals surface area contributed by atoms with Crippen molar-refractivity contribution in [1.29, 1.82) is 0 Å². The molecule has 0 heterocycles. The zero-order chi connectivity index (χ0) is 25.8. The molecule has 9 nitrogen and oxygen atoms in total. The third-order valence-corrected chi connectivity index (χ3v) is 4.33. The van der Waals surface area contributed by atoms with Crippen LogP contribution in [0.2, 0.25) is 0 Å². The zero-order valence-electron chi connectivity index (χ0n) is 18.4. The van der Waals surface area contributed by atoms with Crippen LogP contribution in [-0.2, 0) is 0 Å². The SMILES string of the molecule is Nc1ccccc1C(=O)O.Nc1ccccc1C(=O)O.Oc1ccccc1Oc1ccccc1O. The fraction of sp³-hybridized carbons (Fsp3) is 0. The molecule has 0 aliphatic rings. The van der Waals surface area contributed by atoms with Gasteiger partial charge in [-0.15, -0.1) is 0 Å². The number of aromatic hydroxyl groups is 2. The molecule has 0 aliphatic carbocycles. The molecule has 0 amide bonds. The minimum atomic E-state index is -0.988. The number of carbonyl (C=O) groups is 2. The lowest BCUT2D eigenvalue weighted by molar-refractivity contribution is 0.0687. The van der Waals surface area contributed by atoms with Crippen LogP contribution in [0.1, 0.15) is 20.7 Å². The summed E-state index contributed by atoms with van der Waals surface area (Å²) in [5.74, 6) is -1.25. The number of phenols is 2. The second-order valence-corrected chi connectivity index (χ2v) is 6.82. The standard InChI is InChI=1S/C12H10O3.2C7H7NO2/c13-9-5-1-3-7-11(9)15-12-8-4-2-6-10(12)14;2*8-6-4-2-1-3-5(6)7(9)10/h1-8,13-14H;2*1-4H,8H2,(H,9,10). The number of nitrogens with two attached hydrogens (primary N) is 2. The van der Waals surface area contributed by atoms with Crippen molar-refractivity contribution in [1.82, 2.24) is 0 Å². The van der Waals surface area contributed by atoms with E-state index in [1.54, 1.807) is 72.8 Å². The molecule has 4 aromatic carbocycles. The highest BCUT2D eigenvalue weighted by molar-refractivity contribution is 5.93. The van der Waals surface area contributed by atoms with Gasteiger partial charge in [0, 0.05) is 11.4 Å². The number of nitrogen functional groups attached to an aromatic ring is 2. The minimum absolute atomic E-state index is 0.0424. The lowest BCUT2D eigenvalue weighted by Gasteiger charge is -2.08. The lowest BCUT2D eigenvalue weighted by atomic mass is 10.2. The number of hydrogen-bond donors (Lipinski definition) is 6. The Labute approximate surface area is 201 Å². The van der Waals surface area contributed by atoms with Gasteiger partial charge in [0.25, 0.3) is 0 Å². The molecular formula is C26H24N2O7. The predicted molar refractivity (Wildman–Crippen MR) is 132 cm³/mol. The quantitative estimate of drug-likeness (QED) is 0.225. The monoisotopic (exact) mass is 476 g/mol. The number of carboxylic acids is 2. The van der Waals surface area contributed by atoms with E-state index in [-0.39, 0.29) is 22.6 Å². The predicted octanol–water partition coefficient (Wildman–Crippen LogP) is 4.82. The zero-order valence-corrected chi connectivity index (χ0v) is 18.4. The fourth-order valence-electron chi connectivity index (χ4n) is 2.59. The molecule has 0 aromatic heterocycles. The highest BCUT2D eigenvalue weighted by Gasteiger charge is 2.06. The molecule has 0 atom stereocenters. The number of benzene rings is 4. The van der Waals surface area contributed by atoms with E-state index in [0.29, 0.717) is 22.9 Å². The molecule has 0 fully saturated rings. The van der Waals surface area contributed by atoms with Gasteiger partial charge in [-0.3, -0.25) is 0 Å². The molecule has 35 heavy (non-hydrogen) atoms.